The van der Waals surface area contributed by atoms with Gasteiger partial charge in [0, 0.05) is 25.7 Å². The molecule has 0 heterocycles. The predicted molar refractivity (Wildman–Crippen MR) is 113 cm³/mol. The number of para-hydroxylation sites is 1. The zero-order chi connectivity index (χ0) is 19.6. The van der Waals surface area contributed by atoms with Gasteiger partial charge in [-0.05, 0) is 30.7 Å². The van der Waals surface area contributed by atoms with E-state index >= 15 is 0 Å². The number of hydrogen-bond acceptors (Lipinski definition) is 3. The van der Waals surface area contributed by atoms with Crippen LogP contribution < -0.4 is 20.1 Å². The van der Waals surface area contributed by atoms with Gasteiger partial charge in [-0.25, -0.2) is 4.39 Å². The van der Waals surface area contributed by atoms with Gasteiger partial charge in [-0.15, -0.1) is 24.0 Å². The first-order valence-electron chi connectivity index (χ1n) is 8.42. The van der Waals surface area contributed by atoms with Crippen molar-refractivity contribution in [3.8, 4) is 11.5 Å². The summed E-state index contributed by atoms with van der Waals surface area (Å²) in [5.41, 5.74) is 1.27. The molecule has 2 N–H and O–H groups in total. The third-order valence-corrected chi connectivity index (χ3v) is 3.61. The van der Waals surface area contributed by atoms with Crippen molar-refractivity contribution in [3.63, 3.8) is 0 Å². The summed E-state index contributed by atoms with van der Waals surface area (Å²) in [6, 6.07) is 11.2. The minimum atomic E-state index is -2.89. The van der Waals surface area contributed by atoms with Gasteiger partial charge in [0.2, 0.25) is 0 Å². The van der Waals surface area contributed by atoms with E-state index in [1.165, 1.54) is 12.1 Å². The first-order chi connectivity index (χ1) is 13.0. The zero-order valence-electron chi connectivity index (χ0n) is 15.5. The number of rotatable bonds is 8. The molecule has 0 atom stereocenters. The molecule has 0 aliphatic carbocycles. The van der Waals surface area contributed by atoms with Gasteiger partial charge in [0.1, 0.15) is 5.75 Å². The minimum absolute atomic E-state index is 0. The van der Waals surface area contributed by atoms with Crippen molar-refractivity contribution >= 4 is 29.9 Å². The molecule has 0 radical (unpaired) electrons. The minimum Gasteiger partial charge on any atom is -0.491 e. The molecule has 0 saturated heterocycles. The molecule has 28 heavy (non-hydrogen) atoms. The largest absolute Gasteiger partial charge is 0.491 e. The van der Waals surface area contributed by atoms with Crippen LogP contribution in [0.15, 0.2) is 47.5 Å². The van der Waals surface area contributed by atoms with Crippen molar-refractivity contribution in [2.24, 2.45) is 4.99 Å². The Kier molecular flexibility index (Phi) is 10.5. The van der Waals surface area contributed by atoms with E-state index in [1.54, 1.807) is 44.3 Å². The number of benzene rings is 2. The van der Waals surface area contributed by atoms with Crippen LogP contribution in [0.1, 0.15) is 18.1 Å². The maximum absolute atomic E-state index is 13.9. The van der Waals surface area contributed by atoms with E-state index in [9.17, 15) is 13.2 Å². The fourth-order valence-corrected chi connectivity index (χ4v) is 2.37. The molecule has 154 valence electrons. The molecule has 5 nitrogen and oxygen atoms in total. The Morgan fingerprint density at radius 3 is 2.43 bits per heavy atom. The fraction of sp³-hybridized carbons (Fsp3) is 0.316. The van der Waals surface area contributed by atoms with Gasteiger partial charge < -0.3 is 20.1 Å². The maximum atomic E-state index is 13.9. The average molecular weight is 509 g/mol. The standard InChI is InChI=1S/C19H22F3N3O2.HI/c1-3-26-17-9-8-13(10-15(17)20)11-24-19(23-2)25-12-14-6-4-5-7-16(14)27-18(21)22;/h4-10,18H,3,11-12H2,1-2H3,(H2,23,24,25);1H. The van der Waals surface area contributed by atoms with Crippen LogP contribution in [0.25, 0.3) is 0 Å². The highest BCUT2D eigenvalue weighted by Crippen LogP contribution is 2.20. The Hall–Kier alpha value is -2.17. The number of nitrogens with zero attached hydrogens (tertiary/aromatic N) is 1. The predicted octanol–water partition coefficient (Wildman–Crippen LogP) is 4.31. The number of ether oxygens (including phenoxy) is 2. The van der Waals surface area contributed by atoms with Crippen LogP contribution in [0, 0.1) is 5.82 Å². The maximum Gasteiger partial charge on any atom is 0.387 e. The van der Waals surface area contributed by atoms with Crippen molar-refractivity contribution in [1.82, 2.24) is 10.6 Å². The quantitative estimate of drug-likeness (QED) is 0.317. The van der Waals surface area contributed by atoms with Crippen LogP contribution in [0.5, 0.6) is 11.5 Å². The summed E-state index contributed by atoms with van der Waals surface area (Å²) in [6.45, 7) is -0.145. The van der Waals surface area contributed by atoms with Crippen LogP contribution in [0.4, 0.5) is 13.2 Å². The van der Waals surface area contributed by atoms with E-state index < -0.39 is 12.4 Å². The number of guanidine groups is 1. The lowest BCUT2D eigenvalue weighted by atomic mass is 10.2. The molecule has 2 aromatic rings. The lowest BCUT2D eigenvalue weighted by Gasteiger charge is -2.15. The van der Waals surface area contributed by atoms with E-state index in [2.05, 4.69) is 20.4 Å². The SMILES string of the molecule is CCOc1ccc(CNC(=NC)NCc2ccccc2OC(F)F)cc1F.I. The molecule has 2 aromatic carbocycles. The second kappa shape index (κ2) is 12.3. The van der Waals surface area contributed by atoms with Gasteiger partial charge in [-0.3, -0.25) is 4.99 Å². The Balaban J connectivity index is 0.00000392. The van der Waals surface area contributed by atoms with Crippen molar-refractivity contribution in [2.45, 2.75) is 26.6 Å². The first-order valence-corrected chi connectivity index (χ1v) is 8.42. The molecule has 0 aliphatic rings. The molecule has 0 aliphatic heterocycles. The highest BCUT2D eigenvalue weighted by atomic mass is 127. The lowest BCUT2D eigenvalue weighted by molar-refractivity contribution is -0.0504. The number of aliphatic imine (C=N–C) groups is 1. The highest BCUT2D eigenvalue weighted by Gasteiger charge is 2.10. The van der Waals surface area contributed by atoms with Gasteiger partial charge in [-0.1, -0.05) is 24.3 Å². The lowest BCUT2D eigenvalue weighted by Crippen LogP contribution is -2.36. The summed E-state index contributed by atoms with van der Waals surface area (Å²) in [5.74, 6) is 0.316. The third-order valence-electron chi connectivity index (χ3n) is 3.61. The monoisotopic (exact) mass is 509 g/mol. The van der Waals surface area contributed by atoms with Crippen LogP contribution >= 0.6 is 24.0 Å². The smallest absolute Gasteiger partial charge is 0.387 e. The van der Waals surface area contributed by atoms with Crippen molar-refractivity contribution in [1.29, 1.82) is 0 Å². The van der Waals surface area contributed by atoms with E-state index in [-0.39, 0.29) is 42.0 Å². The van der Waals surface area contributed by atoms with Gasteiger partial charge in [0.05, 0.1) is 6.61 Å². The van der Waals surface area contributed by atoms with E-state index in [0.717, 1.165) is 0 Å². The van der Waals surface area contributed by atoms with Crippen LogP contribution in [0.2, 0.25) is 0 Å². The Morgan fingerprint density at radius 2 is 1.79 bits per heavy atom. The molecule has 0 aromatic heterocycles. The number of nitrogens with one attached hydrogen (secondary N) is 2. The first kappa shape index (κ1) is 23.9. The Morgan fingerprint density at radius 1 is 1.07 bits per heavy atom. The third kappa shape index (κ3) is 7.45. The fourth-order valence-electron chi connectivity index (χ4n) is 2.37. The van der Waals surface area contributed by atoms with Crippen molar-refractivity contribution < 1.29 is 22.6 Å². The topological polar surface area (TPSA) is 54.9 Å². The molecular weight excluding hydrogens is 486 g/mol. The van der Waals surface area contributed by atoms with Gasteiger partial charge in [0.15, 0.2) is 17.5 Å². The summed E-state index contributed by atoms with van der Waals surface area (Å²) >= 11 is 0. The molecule has 0 spiro atoms. The van der Waals surface area contributed by atoms with Gasteiger partial charge in [-0.2, -0.15) is 8.78 Å². The molecule has 0 amide bonds. The molecular formula is C19H23F3IN3O2. The summed E-state index contributed by atoms with van der Waals surface area (Å²) in [7, 11) is 1.58. The van der Waals surface area contributed by atoms with Crippen LogP contribution in [0.3, 0.4) is 0 Å². The molecule has 2 rings (SSSR count). The van der Waals surface area contributed by atoms with Gasteiger partial charge >= 0.3 is 6.61 Å². The van der Waals surface area contributed by atoms with Crippen molar-refractivity contribution in [3.05, 3.63) is 59.4 Å². The molecule has 0 saturated carbocycles. The average Bonchev–Trinajstić information content (AvgIpc) is 2.65. The van der Waals surface area contributed by atoms with Crippen LogP contribution in [-0.4, -0.2) is 26.2 Å². The second-order valence-corrected chi connectivity index (χ2v) is 5.46. The number of hydrogen-bond donors (Lipinski definition) is 2. The Bertz CT molecular complexity index is 776. The molecule has 9 heteroatoms. The molecule has 0 bridgehead atoms. The molecule has 0 fully saturated rings. The molecule has 0 unspecified atom stereocenters. The summed E-state index contributed by atoms with van der Waals surface area (Å²) < 4.78 is 48.5. The van der Waals surface area contributed by atoms with Crippen molar-refractivity contribution in [2.75, 3.05) is 13.7 Å². The zero-order valence-corrected chi connectivity index (χ0v) is 17.9. The van der Waals surface area contributed by atoms with Gasteiger partial charge in [0.25, 0.3) is 0 Å². The van der Waals surface area contributed by atoms with E-state index in [1.807, 2.05) is 0 Å². The highest BCUT2D eigenvalue weighted by molar-refractivity contribution is 14.0. The number of halogens is 4. The summed E-state index contributed by atoms with van der Waals surface area (Å²) in [6.07, 6.45) is 0. The summed E-state index contributed by atoms with van der Waals surface area (Å²) in [4.78, 5) is 4.07. The van der Waals surface area contributed by atoms with Crippen LogP contribution in [-0.2, 0) is 13.1 Å². The summed E-state index contributed by atoms with van der Waals surface area (Å²) in [5, 5.41) is 6.05. The normalized spacial score (nSPS) is 11.0. The number of alkyl halides is 2. The Labute approximate surface area is 179 Å². The van der Waals surface area contributed by atoms with E-state index in [4.69, 9.17) is 4.74 Å². The second-order valence-electron chi connectivity index (χ2n) is 5.46. The van der Waals surface area contributed by atoms with E-state index in [0.29, 0.717) is 30.2 Å².